The van der Waals surface area contributed by atoms with E-state index in [4.69, 9.17) is 0 Å². The summed E-state index contributed by atoms with van der Waals surface area (Å²) < 4.78 is 26.4. The molecule has 4 fully saturated rings. The third kappa shape index (κ3) is 1.79. The van der Waals surface area contributed by atoms with E-state index < -0.39 is 11.3 Å². The number of nitrogens with zero attached hydrogens (tertiary/aromatic N) is 2. The highest BCUT2D eigenvalue weighted by atomic mass is 19.3. The van der Waals surface area contributed by atoms with Gasteiger partial charge in [-0.2, -0.15) is 0 Å². The maximum Gasteiger partial charge on any atom is 0.257 e. The van der Waals surface area contributed by atoms with Crippen molar-refractivity contribution < 1.29 is 8.78 Å². The smallest absolute Gasteiger partial charge is 0.257 e. The third-order valence-corrected chi connectivity index (χ3v) is 5.86. The molecule has 2 aliphatic carbocycles. The number of rotatable bonds is 1. The second-order valence-electron chi connectivity index (χ2n) is 6.97. The minimum absolute atomic E-state index is 0.149. The molecule has 0 bridgehead atoms. The lowest BCUT2D eigenvalue weighted by atomic mass is 9.62. The summed E-state index contributed by atoms with van der Waals surface area (Å²) in [6.45, 7) is 7.69. The van der Waals surface area contributed by atoms with Gasteiger partial charge < -0.3 is 4.90 Å². The Morgan fingerprint density at radius 1 is 1.05 bits per heavy atom. The molecule has 0 N–H and O–H groups in total. The SMILES string of the molecule is CC.CN1CCC2(CCC2N2CC3(C2)CC3(F)F)C1. The summed E-state index contributed by atoms with van der Waals surface area (Å²) in [6, 6.07) is 0.606. The summed E-state index contributed by atoms with van der Waals surface area (Å²) in [5.41, 5.74) is -0.130. The summed E-state index contributed by atoms with van der Waals surface area (Å²) in [5, 5.41) is 0. The summed E-state index contributed by atoms with van der Waals surface area (Å²) in [7, 11) is 2.18. The summed E-state index contributed by atoms with van der Waals surface area (Å²) in [4.78, 5) is 4.75. The van der Waals surface area contributed by atoms with Gasteiger partial charge in [-0.3, -0.25) is 4.90 Å². The Kier molecular flexibility index (Phi) is 2.99. The standard InChI is InChI=1S/C13H20F2N2.C2H6/c1-16-5-4-11(7-16)3-2-10(11)17-8-12(9-17)6-13(12,14)15;1-2/h10H,2-9H2,1H3;1-2H3. The van der Waals surface area contributed by atoms with Crippen molar-refractivity contribution >= 4 is 0 Å². The number of hydrogen-bond acceptors (Lipinski definition) is 2. The van der Waals surface area contributed by atoms with Crippen LogP contribution in [-0.2, 0) is 0 Å². The second-order valence-corrected chi connectivity index (χ2v) is 6.97. The van der Waals surface area contributed by atoms with Crippen LogP contribution in [0.25, 0.3) is 0 Å². The van der Waals surface area contributed by atoms with Crippen molar-refractivity contribution in [2.45, 2.75) is 51.5 Å². The minimum Gasteiger partial charge on any atom is -0.306 e. The van der Waals surface area contributed by atoms with Crippen LogP contribution in [0.2, 0.25) is 0 Å². The van der Waals surface area contributed by atoms with Gasteiger partial charge in [0, 0.05) is 32.1 Å². The van der Waals surface area contributed by atoms with E-state index in [0.29, 0.717) is 24.5 Å². The average molecular weight is 272 g/mol. The van der Waals surface area contributed by atoms with Crippen molar-refractivity contribution in [3.05, 3.63) is 0 Å². The first kappa shape index (κ1) is 13.7. The predicted molar refractivity (Wildman–Crippen MR) is 72.5 cm³/mol. The molecule has 19 heavy (non-hydrogen) atoms. The highest BCUT2D eigenvalue weighted by Crippen LogP contribution is 2.67. The maximum absolute atomic E-state index is 13.2. The average Bonchev–Trinajstić information content (AvgIpc) is 2.70. The van der Waals surface area contributed by atoms with E-state index >= 15 is 0 Å². The van der Waals surface area contributed by atoms with E-state index in [9.17, 15) is 8.78 Å². The van der Waals surface area contributed by atoms with Crippen LogP contribution in [0.3, 0.4) is 0 Å². The Morgan fingerprint density at radius 3 is 2.05 bits per heavy atom. The lowest BCUT2D eigenvalue weighted by molar-refractivity contribution is -0.110. The molecule has 0 aromatic heterocycles. The zero-order chi connectivity index (χ0) is 13.9. The fraction of sp³-hybridized carbons (Fsp3) is 1.00. The van der Waals surface area contributed by atoms with Crippen molar-refractivity contribution in [1.82, 2.24) is 9.80 Å². The number of likely N-dealkylation sites (tertiary alicyclic amines) is 2. The van der Waals surface area contributed by atoms with Crippen LogP contribution in [0.1, 0.15) is 39.5 Å². The normalized spacial score (nSPS) is 42.5. The molecule has 0 amide bonds. The second kappa shape index (κ2) is 4.14. The lowest BCUT2D eigenvalue weighted by Gasteiger charge is -2.57. The van der Waals surface area contributed by atoms with Crippen molar-refractivity contribution in [2.24, 2.45) is 10.8 Å². The van der Waals surface area contributed by atoms with E-state index in [1.54, 1.807) is 0 Å². The summed E-state index contributed by atoms with van der Waals surface area (Å²) in [5.74, 6) is -2.34. The van der Waals surface area contributed by atoms with Gasteiger partial charge in [0.05, 0.1) is 5.41 Å². The fourth-order valence-electron chi connectivity index (χ4n) is 4.51. The number of hydrogen-bond donors (Lipinski definition) is 0. The molecule has 110 valence electrons. The zero-order valence-corrected chi connectivity index (χ0v) is 12.4. The molecule has 2 saturated heterocycles. The highest BCUT2D eigenvalue weighted by Gasteiger charge is 2.77. The molecule has 0 aromatic rings. The monoisotopic (exact) mass is 272 g/mol. The molecule has 0 radical (unpaired) electrons. The van der Waals surface area contributed by atoms with Crippen LogP contribution < -0.4 is 0 Å². The third-order valence-electron chi connectivity index (χ3n) is 5.86. The highest BCUT2D eigenvalue weighted by molar-refractivity contribution is 5.21. The Hall–Kier alpha value is -0.220. The van der Waals surface area contributed by atoms with Gasteiger partial charge in [-0.05, 0) is 38.3 Å². The van der Waals surface area contributed by atoms with Gasteiger partial charge in [0.1, 0.15) is 0 Å². The van der Waals surface area contributed by atoms with Crippen LogP contribution >= 0.6 is 0 Å². The van der Waals surface area contributed by atoms with Crippen LogP contribution in [0.4, 0.5) is 8.78 Å². The molecule has 4 aliphatic rings. The van der Waals surface area contributed by atoms with Gasteiger partial charge in [0.25, 0.3) is 5.92 Å². The molecular weight excluding hydrogens is 246 g/mol. The van der Waals surface area contributed by atoms with Crippen molar-refractivity contribution in [1.29, 1.82) is 0 Å². The van der Waals surface area contributed by atoms with Crippen LogP contribution in [-0.4, -0.2) is 55.0 Å². The van der Waals surface area contributed by atoms with Gasteiger partial charge >= 0.3 is 0 Å². The molecule has 2 nitrogen and oxygen atoms in total. The fourth-order valence-corrected chi connectivity index (χ4v) is 4.51. The van der Waals surface area contributed by atoms with Crippen molar-refractivity contribution in [3.63, 3.8) is 0 Å². The Morgan fingerprint density at radius 2 is 1.68 bits per heavy atom. The maximum atomic E-state index is 13.2. The van der Waals surface area contributed by atoms with E-state index in [-0.39, 0.29) is 6.42 Å². The van der Waals surface area contributed by atoms with Gasteiger partial charge in [-0.25, -0.2) is 8.78 Å². The number of halogens is 2. The van der Waals surface area contributed by atoms with Crippen molar-refractivity contribution in [2.75, 3.05) is 33.2 Å². The molecule has 4 rings (SSSR count). The molecule has 2 spiro atoms. The van der Waals surface area contributed by atoms with Crippen LogP contribution in [0.15, 0.2) is 0 Å². The largest absolute Gasteiger partial charge is 0.306 e. The molecule has 2 aliphatic heterocycles. The van der Waals surface area contributed by atoms with Crippen molar-refractivity contribution in [3.8, 4) is 0 Å². The Balaban J connectivity index is 0.000000528. The van der Waals surface area contributed by atoms with Gasteiger partial charge in [0.15, 0.2) is 0 Å². The number of alkyl halides is 2. The quantitative estimate of drug-likeness (QED) is 0.724. The summed E-state index contributed by atoms with van der Waals surface area (Å²) in [6.07, 6.45) is 3.96. The molecule has 2 atom stereocenters. The van der Waals surface area contributed by atoms with Gasteiger partial charge in [0.2, 0.25) is 0 Å². The topological polar surface area (TPSA) is 6.48 Å². The summed E-state index contributed by atoms with van der Waals surface area (Å²) >= 11 is 0. The van der Waals surface area contributed by atoms with E-state index in [1.165, 1.54) is 32.4 Å². The Labute approximate surface area is 115 Å². The van der Waals surface area contributed by atoms with E-state index in [1.807, 2.05) is 13.8 Å². The predicted octanol–water partition coefficient (Wildman–Crippen LogP) is 2.84. The first-order valence-corrected chi connectivity index (χ1v) is 7.77. The van der Waals surface area contributed by atoms with Crippen LogP contribution in [0, 0.1) is 10.8 Å². The molecule has 4 heteroatoms. The lowest BCUT2D eigenvalue weighted by Crippen LogP contribution is -2.65. The van der Waals surface area contributed by atoms with Gasteiger partial charge in [-0.1, -0.05) is 13.8 Å². The molecule has 2 heterocycles. The van der Waals surface area contributed by atoms with E-state index in [0.717, 1.165) is 0 Å². The minimum atomic E-state index is -2.34. The molecule has 2 saturated carbocycles. The van der Waals surface area contributed by atoms with Crippen LogP contribution in [0.5, 0.6) is 0 Å². The molecule has 2 unspecified atom stereocenters. The zero-order valence-electron chi connectivity index (χ0n) is 12.4. The molecule has 0 aromatic carbocycles. The first-order chi connectivity index (χ1) is 8.97. The first-order valence-electron chi connectivity index (χ1n) is 7.77. The van der Waals surface area contributed by atoms with Gasteiger partial charge in [-0.15, -0.1) is 0 Å². The van der Waals surface area contributed by atoms with E-state index in [2.05, 4.69) is 16.8 Å². The molecular formula is C15H26F2N2. The Bertz CT molecular complexity index is 365.